The zero-order valence-electron chi connectivity index (χ0n) is 18.2. The number of allylic oxidation sites excluding steroid dienone is 2. The average Bonchev–Trinajstić information content (AvgIpc) is 2.76. The van der Waals surface area contributed by atoms with Gasteiger partial charge in [0.15, 0.2) is 21.4 Å². The summed E-state index contributed by atoms with van der Waals surface area (Å²) in [5, 5.41) is -0.257. The van der Waals surface area contributed by atoms with Gasteiger partial charge in [0.2, 0.25) is 9.84 Å². The van der Waals surface area contributed by atoms with Crippen LogP contribution in [-0.2, 0) is 29.9 Å². The van der Waals surface area contributed by atoms with Crippen LogP contribution in [0.25, 0.3) is 0 Å². The Kier molecular flexibility index (Phi) is 5.91. The number of hydrogen-bond donors (Lipinski definition) is 0. The normalized spacial score (nSPS) is 19.8. The molecule has 0 saturated carbocycles. The van der Waals surface area contributed by atoms with E-state index in [1.54, 1.807) is 24.3 Å². The van der Waals surface area contributed by atoms with E-state index >= 15 is 0 Å². The van der Waals surface area contributed by atoms with E-state index in [2.05, 4.69) is 0 Å². The number of sulfone groups is 2. The van der Waals surface area contributed by atoms with E-state index in [-0.39, 0.29) is 43.9 Å². The highest BCUT2D eigenvalue weighted by Crippen LogP contribution is 2.44. The van der Waals surface area contributed by atoms with Crippen LogP contribution in [0.2, 0.25) is 5.02 Å². The van der Waals surface area contributed by atoms with Crippen LogP contribution in [0.4, 0.5) is 0 Å². The smallest absolute Gasteiger partial charge is 0.203 e. The van der Waals surface area contributed by atoms with Crippen LogP contribution in [0, 0.1) is 0 Å². The van der Waals surface area contributed by atoms with Crippen LogP contribution in [-0.4, -0.2) is 34.2 Å². The first kappa shape index (κ1) is 23.9. The minimum absolute atomic E-state index is 0.0131. The number of halogens is 1. The first-order chi connectivity index (χ1) is 15.4. The summed E-state index contributed by atoms with van der Waals surface area (Å²) in [6, 6.07) is 10.5. The predicted molar refractivity (Wildman–Crippen MR) is 125 cm³/mol. The highest BCUT2D eigenvalue weighted by atomic mass is 35.5. The molecule has 0 N–H and O–H groups in total. The summed E-state index contributed by atoms with van der Waals surface area (Å²) in [5.74, 6) is -1.56. The molecule has 6 nitrogen and oxygen atoms in total. The molecule has 0 unspecified atom stereocenters. The lowest BCUT2D eigenvalue weighted by atomic mass is 9.81. The van der Waals surface area contributed by atoms with Gasteiger partial charge in [0.05, 0.1) is 31.0 Å². The molecular weight excluding hydrogens is 484 g/mol. The molecular formula is C24H23ClO6S2. The van der Waals surface area contributed by atoms with E-state index in [0.717, 1.165) is 0 Å². The second kappa shape index (κ2) is 8.18. The van der Waals surface area contributed by atoms with Crippen LogP contribution in [0.15, 0.2) is 62.7 Å². The summed E-state index contributed by atoms with van der Waals surface area (Å²) in [7, 11) is -7.82. The standard InChI is InChI=1S/C24H23ClO6S2/c1-24(2)13-14-32(28,29)23-17(24)12-11-16(21(23)25)22(27)20-18(26)9-6-10-19(20)33(30,31)15-7-4-3-5-8-15/h3-5,7-8,11-12H,6,9-10,13-14H2,1-2H3. The number of fused-ring (bicyclic) bond motifs is 1. The van der Waals surface area contributed by atoms with Crippen LogP contribution in [0.5, 0.6) is 0 Å². The monoisotopic (exact) mass is 506 g/mol. The van der Waals surface area contributed by atoms with Crippen molar-refractivity contribution in [3.8, 4) is 0 Å². The van der Waals surface area contributed by atoms with Crippen molar-refractivity contribution in [1.29, 1.82) is 0 Å². The van der Waals surface area contributed by atoms with Crippen molar-refractivity contribution in [2.24, 2.45) is 0 Å². The summed E-state index contributed by atoms with van der Waals surface area (Å²) in [4.78, 5) is 26.0. The molecule has 0 saturated heterocycles. The Balaban J connectivity index is 1.94. The SMILES string of the molecule is CC1(C)CCS(=O)(=O)c2c1ccc(C(=O)C1=C(S(=O)(=O)c3ccccc3)CCCC1=O)c2Cl. The third kappa shape index (κ3) is 3.98. The Morgan fingerprint density at radius 1 is 1.03 bits per heavy atom. The number of rotatable bonds is 4. The van der Waals surface area contributed by atoms with Gasteiger partial charge in [-0.25, -0.2) is 16.8 Å². The van der Waals surface area contributed by atoms with Crippen molar-refractivity contribution in [1.82, 2.24) is 0 Å². The van der Waals surface area contributed by atoms with E-state index in [9.17, 15) is 26.4 Å². The second-order valence-corrected chi connectivity index (χ2v) is 13.4. The van der Waals surface area contributed by atoms with E-state index < -0.39 is 42.2 Å². The van der Waals surface area contributed by atoms with Gasteiger partial charge in [-0.3, -0.25) is 9.59 Å². The Hall–Kier alpha value is -2.29. The predicted octanol–water partition coefficient (Wildman–Crippen LogP) is 4.46. The largest absolute Gasteiger partial charge is 0.294 e. The summed E-state index contributed by atoms with van der Waals surface area (Å²) in [6.45, 7) is 3.80. The zero-order chi connectivity index (χ0) is 24.2. The molecule has 0 radical (unpaired) electrons. The Morgan fingerprint density at radius 2 is 1.70 bits per heavy atom. The molecule has 1 aliphatic carbocycles. The molecule has 1 heterocycles. The third-order valence-electron chi connectivity index (χ3n) is 6.35. The fourth-order valence-corrected chi connectivity index (χ4v) is 8.75. The number of benzene rings is 2. The van der Waals surface area contributed by atoms with Crippen LogP contribution >= 0.6 is 11.6 Å². The topological polar surface area (TPSA) is 102 Å². The number of carbonyl (C=O) groups excluding carboxylic acids is 2. The molecule has 0 atom stereocenters. The van der Waals surface area contributed by atoms with Crippen LogP contribution in [0.1, 0.15) is 55.5 Å². The molecule has 4 rings (SSSR count). The highest BCUT2D eigenvalue weighted by molar-refractivity contribution is 7.95. The van der Waals surface area contributed by atoms with Crippen molar-refractivity contribution in [2.75, 3.05) is 5.75 Å². The van der Waals surface area contributed by atoms with Crippen LogP contribution in [0.3, 0.4) is 0 Å². The van der Waals surface area contributed by atoms with Gasteiger partial charge in [-0.05, 0) is 48.4 Å². The van der Waals surface area contributed by atoms with Gasteiger partial charge in [-0.15, -0.1) is 0 Å². The molecule has 9 heteroatoms. The maximum Gasteiger partial charge on any atom is 0.203 e. The average molecular weight is 507 g/mol. The molecule has 0 spiro atoms. The van der Waals surface area contributed by atoms with Crippen molar-refractivity contribution in [3.05, 3.63) is 69.1 Å². The summed E-state index contributed by atoms with van der Waals surface area (Å²) >= 11 is 6.50. The minimum Gasteiger partial charge on any atom is -0.294 e. The summed E-state index contributed by atoms with van der Waals surface area (Å²) in [5.41, 5.74) is -0.563. The van der Waals surface area contributed by atoms with Gasteiger partial charge in [0.1, 0.15) is 0 Å². The second-order valence-electron chi connectivity index (χ2n) is 8.98. The summed E-state index contributed by atoms with van der Waals surface area (Å²) < 4.78 is 52.3. The van der Waals surface area contributed by atoms with Crippen molar-refractivity contribution >= 4 is 42.8 Å². The van der Waals surface area contributed by atoms with Crippen LogP contribution < -0.4 is 0 Å². The lowest BCUT2D eigenvalue weighted by molar-refractivity contribution is -0.115. The first-order valence-electron chi connectivity index (χ1n) is 10.5. The third-order valence-corrected chi connectivity index (χ3v) is 10.6. The van der Waals surface area contributed by atoms with E-state index in [0.29, 0.717) is 18.4 Å². The summed E-state index contributed by atoms with van der Waals surface area (Å²) in [6.07, 6.45) is 0.785. The molecule has 0 amide bonds. The van der Waals surface area contributed by atoms with E-state index in [4.69, 9.17) is 11.6 Å². The lowest BCUT2D eigenvalue weighted by Gasteiger charge is -2.33. The Bertz CT molecular complexity index is 1420. The Morgan fingerprint density at radius 3 is 2.36 bits per heavy atom. The maximum absolute atomic E-state index is 13.6. The van der Waals surface area contributed by atoms with Gasteiger partial charge >= 0.3 is 0 Å². The number of Topliss-reactive ketones (excluding diaryl/α,β-unsaturated/α-hetero) is 2. The highest BCUT2D eigenvalue weighted by Gasteiger charge is 2.40. The number of hydrogen-bond acceptors (Lipinski definition) is 6. The van der Waals surface area contributed by atoms with Gasteiger partial charge in [0.25, 0.3) is 0 Å². The molecule has 0 fully saturated rings. The molecule has 33 heavy (non-hydrogen) atoms. The molecule has 2 aliphatic rings. The van der Waals surface area contributed by atoms with Gasteiger partial charge in [-0.1, -0.05) is 49.7 Å². The molecule has 2 aromatic rings. The maximum atomic E-state index is 13.6. The molecule has 0 aromatic heterocycles. The van der Waals surface area contributed by atoms with Gasteiger partial charge < -0.3 is 0 Å². The number of carbonyl (C=O) groups is 2. The molecule has 1 aliphatic heterocycles. The Labute approximate surface area is 198 Å². The van der Waals surface area contributed by atoms with Crippen molar-refractivity contribution < 1.29 is 26.4 Å². The molecule has 174 valence electrons. The van der Waals surface area contributed by atoms with E-state index in [1.807, 2.05) is 13.8 Å². The number of ketones is 2. The van der Waals surface area contributed by atoms with Crippen molar-refractivity contribution in [3.63, 3.8) is 0 Å². The zero-order valence-corrected chi connectivity index (χ0v) is 20.6. The van der Waals surface area contributed by atoms with Gasteiger partial charge in [0, 0.05) is 12.0 Å². The van der Waals surface area contributed by atoms with Crippen molar-refractivity contribution in [2.45, 2.75) is 54.7 Å². The lowest BCUT2D eigenvalue weighted by Crippen LogP contribution is -2.31. The first-order valence-corrected chi connectivity index (χ1v) is 14.1. The minimum atomic E-state index is -4.09. The fraction of sp³-hybridized carbons (Fsp3) is 0.333. The van der Waals surface area contributed by atoms with E-state index in [1.165, 1.54) is 18.2 Å². The van der Waals surface area contributed by atoms with Gasteiger partial charge in [-0.2, -0.15) is 0 Å². The fourth-order valence-electron chi connectivity index (χ4n) is 4.41. The quantitative estimate of drug-likeness (QED) is 0.448. The molecule has 0 bridgehead atoms. The molecule has 2 aromatic carbocycles.